The highest BCUT2D eigenvalue weighted by Crippen LogP contribution is 2.20. The molecule has 0 aliphatic carbocycles. The van der Waals surface area contributed by atoms with Gasteiger partial charge in [-0.2, -0.15) is 0 Å². The summed E-state index contributed by atoms with van der Waals surface area (Å²) in [5.41, 5.74) is 2.17. The zero-order valence-corrected chi connectivity index (χ0v) is 17.4. The summed E-state index contributed by atoms with van der Waals surface area (Å²) in [6, 6.07) is 14.7. The number of aromatic nitrogens is 1. The van der Waals surface area contributed by atoms with Crippen LogP contribution in [0.15, 0.2) is 60.8 Å². The monoisotopic (exact) mass is 420 g/mol. The first-order valence-electron chi connectivity index (χ1n) is 9.87. The number of hydrogen-bond acceptors (Lipinski definition) is 5. The average molecular weight is 420 g/mol. The Labute approximate surface area is 180 Å². The lowest BCUT2D eigenvalue weighted by Crippen LogP contribution is -2.28. The average Bonchev–Trinajstić information content (AvgIpc) is 3.21. The van der Waals surface area contributed by atoms with Gasteiger partial charge in [0.2, 0.25) is 11.7 Å². The topological polar surface area (TPSA) is 97.5 Å². The highest BCUT2D eigenvalue weighted by molar-refractivity contribution is 6.10. The van der Waals surface area contributed by atoms with E-state index in [2.05, 4.69) is 10.3 Å². The Kier molecular flexibility index (Phi) is 7.22. The molecule has 0 saturated carbocycles. The maximum absolute atomic E-state index is 12.6. The van der Waals surface area contributed by atoms with Gasteiger partial charge in [0.15, 0.2) is 6.10 Å². The number of amides is 1. The van der Waals surface area contributed by atoms with Gasteiger partial charge in [-0.25, -0.2) is 0 Å². The number of ketones is 1. The number of aromatic amines is 1. The highest BCUT2D eigenvalue weighted by Gasteiger charge is 2.22. The molecule has 0 aliphatic rings. The lowest BCUT2D eigenvalue weighted by atomic mass is 10.1. The maximum atomic E-state index is 12.6. The molecule has 31 heavy (non-hydrogen) atoms. The van der Waals surface area contributed by atoms with Crippen molar-refractivity contribution in [3.05, 3.63) is 71.9 Å². The van der Waals surface area contributed by atoms with Gasteiger partial charge in [-0.15, -0.1) is 0 Å². The van der Waals surface area contributed by atoms with E-state index in [0.29, 0.717) is 5.56 Å². The van der Waals surface area contributed by atoms with E-state index < -0.39 is 12.1 Å². The Morgan fingerprint density at radius 1 is 1.10 bits per heavy atom. The third kappa shape index (κ3) is 5.82. The number of carbonyl (C=O) groups is 3. The minimum Gasteiger partial charge on any atom is -0.497 e. The highest BCUT2D eigenvalue weighted by atomic mass is 16.5. The predicted molar refractivity (Wildman–Crippen MR) is 118 cm³/mol. The summed E-state index contributed by atoms with van der Waals surface area (Å²) in [7, 11) is 1.59. The summed E-state index contributed by atoms with van der Waals surface area (Å²) in [6.07, 6.45) is 3.71. The van der Waals surface area contributed by atoms with Crippen LogP contribution in [0.1, 0.15) is 29.3 Å². The lowest BCUT2D eigenvalue weighted by Gasteiger charge is -2.12. The number of rotatable bonds is 9. The maximum Gasteiger partial charge on any atom is 0.308 e. The van der Waals surface area contributed by atoms with Crippen LogP contribution in [0.3, 0.4) is 0 Å². The van der Waals surface area contributed by atoms with E-state index in [4.69, 9.17) is 9.47 Å². The third-order valence-electron chi connectivity index (χ3n) is 4.70. The standard InChI is InChI=1S/C24H24N2O5/c1-16(24(29)20-15-26-21-6-4-3-5-19(20)21)31-23(28)13-14-25-22(27)12-9-17-7-10-18(30-2)11-8-17/h3-12,15-16,26H,13-14H2,1-2H3,(H,25,27)/b12-9+/t16-/m0/s1. The second kappa shape index (κ2) is 10.2. The summed E-state index contributed by atoms with van der Waals surface area (Å²) in [5, 5.41) is 3.40. The van der Waals surface area contributed by atoms with E-state index in [0.717, 1.165) is 22.2 Å². The van der Waals surface area contributed by atoms with Crippen molar-refractivity contribution < 1.29 is 23.9 Å². The van der Waals surface area contributed by atoms with Gasteiger partial charge in [0.1, 0.15) is 5.75 Å². The number of methoxy groups -OCH3 is 1. The summed E-state index contributed by atoms with van der Waals surface area (Å²) in [6.45, 7) is 1.65. The van der Waals surface area contributed by atoms with Crippen LogP contribution in [0.25, 0.3) is 17.0 Å². The predicted octanol–water partition coefficient (Wildman–Crippen LogP) is 3.51. The minimum absolute atomic E-state index is 0.0341. The number of para-hydroxylation sites is 1. The van der Waals surface area contributed by atoms with Crippen LogP contribution in [-0.2, 0) is 14.3 Å². The first-order valence-corrected chi connectivity index (χ1v) is 9.87. The largest absolute Gasteiger partial charge is 0.497 e. The van der Waals surface area contributed by atoms with Crippen molar-refractivity contribution >= 4 is 34.6 Å². The number of benzene rings is 2. The number of hydrogen-bond donors (Lipinski definition) is 2. The van der Waals surface area contributed by atoms with Crippen molar-refractivity contribution in [3.63, 3.8) is 0 Å². The minimum atomic E-state index is -0.919. The Morgan fingerprint density at radius 3 is 2.58 bits per heavy atom. The van der Waals surface area contributed by atoms with Gasteiger partial charge in [0, 0.05) is 35.3 Å². The second-order valence-electron chi connectivity index (χ2n) is 6.89. The molecule has 2 aromatic carbocycles. The van der Waals surface area contributed by atoms with Crippen LogP contribution in [0.5, 0.6) is 5.75 Å². The van der Waals surface area contributed by atoms with Crippen LogP contribution in [0.2, 0.25) is 0 Å². The van der Waals surface area contributed by atoms with Crippen LogP contribution < -0.4 is 10.1 Å². The SMILES string of the molecule is COc1ccc(/C=C/C(=O)NCCC(=O)O[C@@H](C)C(=O)c2c[nH]c3ccccc23)cc1. The number of esters is 1. The van der Waals surface area contributed by atoms with Gasteiger partial charge in [-0.05, 0) is 36.8 Å². The first kappa shape index (κ1) is 21.8. The number of H-pyrrole nitrogens is 1. The van der Waals surface area contributed by atoms with E-state index in [1.807, 2.05) is 36.4 Å². The van der Waals surface area contributed by atoms with Gasteiger partial charge < -0.3 is 19.8 Å². The summed E-state index contributed by atoms with van der Waals surface area (Å²) < 4.78 is 10.3. The normalized spacial score (nSPS) is 11.9. The van der Waals surface area contributed by atoms with Crippen molar-refractivity contribution in [2.45, 2.75) is 19.4 Å². The molecule has 7 nitrogen and oxygen atoms in total. The van der Waals surface area contributed by atoms with Crippen LogP contribution >= 0.6 is 0 Å². The van der Waals surface area contributed by atoms with Crippen molar-refractivity contribution in [2.75, 3.05) is 13.7 Å². The van der Waals surface area contributed by atoms with Crippen molar-refractivity contribution in [2.24, 2.45) is 0 Å². The molecule has 7 heteroatoms. The molecular weight excluding hydrogens is 396 g/mol. The van der Waals surface area contributed by atoms with Gasteiger partial charge in [-0.3, -0.25) is 14.4 Å². The van der Waals surface area contributed by atoms with Gasteiger partial charge >= 0.3 is 5.97 Å². The smallest absolute Gasteiger partial charge is 0.308 e. The second-order valence-corrected chi connectivity index (χ2v) is 6.89. The summed E-state index contributed by atoms with van der Waals surface area (Å²) >= 11 is 0. The number of ether oxygens (including phenoxy) is 2. The molecular formula is C24H24N2O5. The molecule has 2 N–H and O–H groups in total. The molecule has 3 aromatic rings. The van der Waals surface area contributed by atoms with E-state index in [9.17, 15) is 14.4 Å². The molecule has 0 radical (unpaired) electrons. The van der Waals surface area contributed by atoms with Crippen molar-refractivity contribution in [1.82, 2.24) is 10.3 Å². The van der Waals surface area contributed by atoms with Crippen LogP contribution in [0, 0.1) is 0 Å². The van der Waals surface area contributed by atoms with Crippen molar-refractivity contribution in [3.8, 4) is 5.75 Å². The van der Waals surface area contributed by atoms with Crippen LogP contribution in [-0.4, -0.2) is 42.4 Å². The number of Topliss-reactive ketones (excluding diaryl/α,β-unsaturated/α-hetero) is 1. The molecule has 3 rings (SSSR count). The number of carbonyl (C=O) groups excluding carboxylic acids is 3. The number of fused-ring (bicyclic) bond motifs is 1. The molecule has 0 aliphatic heterocycles. The van der Waals surface area contributed by atoms with Gasteiger partial charge in [-0.1, -0.05) is 30.3 Å². The fourth-order valence-electron chi connectivity index (χ4n) is 3.04. The Balaban J connectivity index is 1.43. The quantitative estimate of drug-likeness (QED) is 0.314. The molecule has 1 heterocycles. The molecule has 0 spiro atoms. The molecule has 1 amide bonds. The summed E-state index contributed by atoms with van der Waals surface area (Å²) in [5.74, 6) is -0.429. The number of nitrogens with one attached hydrogen (secondary N) is 2. The van der Waals surface area contributed by atoms with Gasteiger partial charge in [0.05, 0.1) is 13.5 Å². The molecule has 0 fully saturated rings. The summed E-state index contributed by atoms with van der Waals surface area (Å²) in [4.78, 5) is 39.6. The van der Waals surface area contributed by atoms with E-state index >= 15 is 0 Å². The fourth-order valence-corrected chi connectivity index (χ4v) is 3.04. The molecule has 1 atom stereocenters. The Bertz CT molecular complexity index is 1100. The van der Waals surface area contributed by atoms with E-state index in [-0.39, 0.29) is 24.7 Å². The molecule has 0 unspecified atom stereocenters. The lowest BCUT2D eigenvalue weighted by molar-refractivity contribution is -0.146. The zero-order chi connectivity index (χ0) is 22.2. The van der Waals surface area contributed by atoms with E-state index in [1.54, 1.807) is 31.5 Å². The molecule has 160 valence electrons. The van der Waals surface area contributed by atoms with Gasteiger partial charge in [0.25, 0.3) is 0 Å². The van der Waals surface area contributed by atoms with E-state index in [1.165, 1.54) is 13.0 Å². The first-order chi connectivity index (χ1) is 15.0. The third-order valence-corrected chi connectivity index (χ3v) is 4.70. The fraction of sp³-hybridized carbons (Fsp3) is 0.208. The Hall–Kier alpha value is -3.87. The Morgan fingerprint density at radius 2 is 1.84 bits per heavy atom. The molecule has 0 bridgehead atoms. The van der Waals surface area contributed by atoms with Crippen molar-refractivity contribution in [1.29, 1.82) is 0 Å². The zero-order valence-electron chi connectivity index (χ0n) is 17.4. The molecule has 1 aromatic heterocycles. The van der Waals surface area contributed by atoms with Crippen LogP contribution in [0.4, 0.5) is 0 Å². The molecule has 0 saturated heterocycles.